The number of carbonyl (C=O) groups excluding carboxylic acids is 1. The highest BCUT2D eigenvalue weighted by atomic mass is 35.5. The Labute approximate surface area is 127 Å². The highest BCUT2D eigenvalue weighted by molar-refractivity contribution is 6.32. The summed E-state index contributed by atoms with van der Waals surface area (Å²) in [5.41, 5.74) is 1.14. The van der Waals surface area contributed by atoms with Crippen molar-refractivity contribution >= 4 is 17.5 Å². The Hall–Kier alpha value is -2.14. The van der Waals surface area contributed by atoms with Crippen LogP contribution in [0.3, 0.4) is 0 Å². The second kappa shape index (κ2) is 6.54. The highest BCUT2D eigenvalue weighted by Crippen LogP contribution is 2.29. The lowest BCUT2D eigenvalue weighted by molar-refractivity contribution is 0.0939. The fraction of sp³-hybridized carbons (Fsp3) is 0.267. The Balaban J connectivity index is 2.18. The van der Waals surface area contributed by atoms with Crippen molar-refractivity contribution in [3.8, 4) is 11.5 Å². The van der Waals surface area contributed by atoms with E-state index < -0.39 is 0 Å². The Kier molecular flexibility index (Phi) is 4.75. The summed E-state index contributed by atoms with van der Waals surface area (Å²) in [5.74, 6) is 1.02. The second-order valence-electron chi connectivity index (χ2n) is 4.41. The van der Waals surface area contributed by atoms with Gasteiger partial charge >= 0.3 is 0 Å². The first kappa shape index (κ1) is 15.3. The van der Waals surface area contributed by atoms with Crippen molar-refractivity contribution in [3.05, 3.63) is 46.9 Å². The summed E-state index contributed by atoms with van der Waals surface area (Å²) in [6, 6.07) is 6.69. The van der Waals surface area contributed by atoms with Gasteiger partial charge in [-0.2, -0.15) is 0 Å². The average molecular weight is 310 g/mol. The first-order valence-corrected chi connectivity index (χ1v) is 6.70. The maximum atomic E-state index is 12.1. The molecule has 1 aromatic carbocycles. The quantitative estimate of drug-likeness (QED) is 0.919. The molecular formula is C15H16ClNO4. The van der Waals surface area contributed by atoms with Gasteiger partial charge in [0.2, 0.25) is 5.22 Å². The Morgan fingerprint density at radius 2 is 2.05 bits per heavy atom. The van der Waals surface area contributed by atoms with E-state index in [9.17, 15) is 4.79 Å². The van der Waals surface area contributed by atoms with Crippen molar-refractivity contribution in [2.45, 2.75) is 13.0 Å². The molecule has 0 saturated carbocycles. The van der Waals surface area contributed by atoms with Crippen LogP contribution in [-0.2, 0) is 0 Å². The lowest BCUT2D eigenvalue weighted by atomic mass is 10.1. The van der Waals surface area contributed by atoms with Crippen LogP contribution >= 0.6 is 11.6 Å². The molecule has 1 unspecified atom stereocenters. The molecule has 2 aromatic rings. The van der Waals surface area contributed by atoms with Crippen LogP contribution in [0.5, 0.6) is 11.5 Å². The molecule has 0 saturated heterocycles. The third-order valence-electron chi connectivity index (χ3n) is 3.12. The Bertz CT molecular complexity index is 638. The number of hydrogen-bond donors (Lipinski definition) is 1. The average Bonchev–Trinajstić information content (AvgIpc) is 2.92. The third-order valence-corrected chi connectivity index (χ3v) is 3.41. The van der Waals surface area contributed by atoms with E-state index in [2.05, 4.69) is 5.32 Å². The summed E-state index contributed by atoms with van der Waals surface area (Å²) < 4.78 is 15.4. The van der Waals surface area contributed by atoms with Crippen molar-refractivity contribution in [2.75, 3.05) is 14.2 Å². The molecule has 5 nitrogen and oxygen atoms in total. The Morgan fingerprint density at radius 1 is 1.29 bits per heavy atom. The van der Waals surface area contributed by atoms with Crippen LogP contribution in [0.15, 0.2) is 34.9 Å². The van der Waals surface area contributed by atoms with Crippen molar-refractivity contribution < 1.29 is 18.7 Å². The van der Waals surface area contributed by atoms with E-state index in [1.807, 2.05) is 19.1 Å². The monoisotopic (exact) mass is 309 g/mol. The van der Waals surface area contributed by atoms with Gasteiger partial charge in [0.25, 0.3) is 5.91 Å². The molecule has 1 heterocycles. The maximum Gasteiger partial charge on any atom is 0.256 e. The highest BCUT2D eigenvalue weighted by Gasteiger charge is 2.18. The molecule has 112 valence electrons. The minimum absolute atomic E-state index is 0.0707. The van der Waals surface area contributed by atoms with Gasteiger partial charge in [0.15, 0.2) is 0 Å². The SMILES string of the molecule is COc1ccc(C(C)NC(=O)c2ccoc2Cl)c(OC)c1. The zero-order chi connectivity index (χ0) is 15.4. The van der Waals surface area contributed by atoms with Gasteiger partial charge in [0.1, 0.15) is 11.5 Å². The molecule has 6 heteroatoms. The molecule has 0 aliphatic carbocycles. The lowest BCUT2D eigenvalue weighted by Crippen LogP contribution is -2.26. The topological polar surface area (TPSA) is 60.7 Å². The predicted octanol–water partition coefficient (Wildman–Crippen LogP) is 3.44. The fourth-order valence-corrected chi connectivity index (χ4v) is 2.18. The van der Waals surface area contributed by atoms with Crippen molar-refractivity contribution in [1.29, 1.82) is 0 Å². The molecule has 1 amide bonds. The maximum absolute atomic E-state index is 12.1. The van der Waals surface area contributed by atoms with Gasteiger partial charge in [-0.1, -0.05) is 0 Å². The van der Waals surface area contributed by atoms with Crippen LogP contribution in [0.4, 0.5) is 0 Å². The number of furan rings is 1. The third kappa shape index (κ3) is 3.31. The van der Waals surface area contributed by atoms with Crippen molar-refractivity contribution in [2.24, 2.45) is 0 Å². The van der Waals surface area contributed by atoms with Gasteiger partial charge < -0.3 is 19.2 Å². The predicted molar refractivity (Wildman–Crippen MR) is 79.1 cm³/mol. The van der Waals surface area contributed by atoms with Crippen LogP contribution in [0.1, 0.15) is 28.9 Å². The molecule has 0 radical (unpaired) electrons. The minimum Gasteiger partial charge on any atom is -0.497 e. The number of ether oxygens (including phenoxy) is 2. The first-order chi connectivity index (χ1) is 10.1. The van der Waals surface area contributed by atoms with Crippen LogP contribution < -0.4 is 14.8 Å². The number of benzene rings is 1. The van der Waals surface area contributed by atoms with Gasteiger partial charge in [-0.15, -0.1) is 0 Å². The number of amides is 1. The van der Waals surface area contributed by atoms with E-state index in [0.29, 0.717) is 17.1 Å². The zero-order valence-corrected chi connectivity index (χ0v) is 12.7. The summed E-state index contributed by atoms with van der Waals surface area (Å²) in [6.07, 6.45) is 1.37. The number of halogens is 1. The molecule has 0 spiro atoms. The standard InChI is InChI=1S/C15H16ClNO4/c1-9(17-15(18)12-6-7-21-14(12)16)11-5-4-10(19-2)8-13(11)20-3/h4-9H,1-3H3,(H,17,18). The van der Waals surface area contributed by atoms with E-state index in [4.69, 9.17) is 25.5 Å². The number of nitrogens with one attached hydrogen (secondary N) is 1. The molecule has 0 aliphatic heterocycles. The van der Waals surface area contributed by atoms with Gasteiger partial charge in [0.05, 0.1) is 32.1 Å². The fourth-order valence-electron chi connectivity index (χ4n) is 1.98. The molecule has 1 atom stereocenters. The van der Waals surface area contributed by atoms with E-state index in [1.165, 1.54) is 12.3 Å². The molecule has 21 heavy (non-hydrogen) atoms. The number of rotatable bonds is 5. The van der Waals surface area contributed by atoms with Crippen LogP contribution in [0.2, 0.25) is 5.22 Å². The molecule has 2 rings (SSSR count). The van der Waals surface area contributed by atoms with Crippen LogP contribution in [0, 0.1) is 0 Å². The van der Waals surface area contributed by atoms with E-state index in [0.717, 1.165) is 5.56 Å². The summed E-state index contributed by atoms with van der Waals surface area (Å²) in [4.78, 5) is 12.1. The van der Waals surface area contributed by atoms with Crippen molar-refractivity contribution in [1.82, 2.24) is 5.32 Å². The number of hydrogen-bond acceptors (Lipinski definition) is 4. The zero-order valence-electron chi connectivity index (χ0n) is 12.0. The van der Waals surface area contributed by atoms with Gasteiger partial charge in [0, 0.05) is 11.6 Å². The smallest absolute Gasteiger partial charge is 0.256 e. The second-order valence-corrected chi connectivity index (χ2v) is 4.75. The van der Waals surface area contributed by atoms with Gasteiger partial charge in [-0.3, -0.25) is 4.79 Å². The lowest BCUT2D eigenvalue weighted by Gasteiger charge is -2.17. The number of methoxy groups -OCH3 is 2. The molecule has 0 aliphatic rings. The van der Waals surface area contributed by atoms with Crippen molar-refractivity contribution in [3.63, 3.8) is 0 Å². The van der Waals surface area contributed by atoms with Gasteiger partial charge in [-0.25, -0.2) is 0 Å². The normalized spacial score (nSPS) is 11.8. The molecule has 0 bridgehead atoms. The largest absolute Gasteiger partial charge is 0.497 e. The first-order valence-electron chi connectivity index (χ1n) is 6.32. The molecule has 0 fully saturated rings. The van der Waals surface area contributed by atoms with E-state index >= 15 is 0 Å². The van der Waals surface area contributed by atoms with Crippen LogP contribution in [-0.4, -0.2) is 20.1 Å². The summed E-state index contributed by atoms with van der Waals surface area (Å²) in [7, 11) is 3.15. The number of carbonyl (C=O) groups is 1. The van der Waals surface area contributed by atoms with E-state index in [-0.39, 0.29) is 17.2 Å². The summed E-state index contributed by atoms with van der Waals surface area (Å²) in [6.45, 7) is 1.86. The van der Waals surface area contributed by atoms with E-state index in [1.54, 1.807) is 20.3 Å². The Morgan fingerprint density at radius 3 is 2.62 bits per heavy atom. The molecule has 1 N–H and O–H groups in total. The minimum atomic E-state index is -0.306. The van der Waals surface area contributed by atoms with Gasteiger partial charge in [-0.05, 0) is 36.7 Å². The summed E-state index contributed by atoms with van der Waals surface area (Å²) >= 11 is 5.79. The summed E-state index contributed by atoms with van der Waals surface area (Å²) in [5, 5.41) is 2.92. The van der Waals surface area contributed by atoms with Crippen LogP contribution in [0.25, 0.3) is 0 Å². The molecular weight excluding hydrogens is 294 g/mol. The molecule has 1 aromatic heterocycles.